The van der Waals surface area contributed by atoms with Crippen LogP contribution in [0, 0.1) is 11.8 Å². The van der Waals surface area contributed by atoms with Crippen molar-refractivity contribution in [3.8, 4) is 5.75 Å². The Morgan fingerprint density at radius 3 is 2.41 bits per heavy atom. The molecule has 0 bridgehead atoms. The molecule has 0 radical (unpaired) electrons. The Hall–Kier alpha value is -2.30. The highest BCUT2D eigenvalue weighted by atomic mass is 16.5. The summed E-state index contributed by atoms with van der Waals surface area (Å²) < 4.78 is 5.12. The Kier molecular flexibility index (Phi) is 4.85. The van der Waals surface area contributed by atoms with Crippen LogP contribution in [-0.2, 0) is 9.59 Å². The molecule has 118 valence electrons. The number of nitrogens with zero attached hydrogens (tertiary/aromatic N) is 1. The number of hydrogen-bond acceptors (Lipinski definition) is 3. The molecular weight excluding hydrogens is 280 g/mol. The molecule has 1 heterocycles. The van der Waals surface area contributed by atoms with E-state index in [1.807, 2.05) is 38.1 Å². The van der Waals surface area contributed by atoms with Crippen molar-refractivity contribution in [1.82, 2.24) is 4.90 Å². The summed E-state index contributed by atoms with van der Waals surface area (Å²) >= 11 is 0. The molecular formula is C17H22N2O3. The van der Waals surface area contributed by atoms with Gasteiger partial charge in [-0.1, -0.05) is 19.1 Å². The summed E-state index contributed by atoms with van der Waals surface area (Å²) in [5, 5.41) is 0. The standard InChI is InChI=1S/C17H22N2O3/c1-11(13-4-6-14(22-3)7-5-13)8-16(20)19-9-12(2)15(10-19)17(18)21/h4-8,12,15H,9-10H2,1-3H3,(H2,18,21)/b11-8+/t12-,15-/m1/s1. The molecule has 2 amide bonds. The number of hydrogen-bond donors (Lipinski definition) is 1. The SMILES string of the molecule is COc1ccc(/C(C)=C/C(=O)N2C[C@@H](C)[C@H](C(N)=O)C2)cc1. The van der Waals surface area contributed by atoms with Crippen LogP contribution in [0.5, 0.6) is 5.75 Å². The molecule has 0 aliphatic carbocycles. The van der Waals surface area contributed by atoms with E-state index >= 15 is 0 Å². The maximum Gasteiger partial charge on any atom is 0.246 e. The quantitative estimate of drug-likeness (QED) is 0.860. The van der Waals surface area contributed by atoms with Gasteiger partial charge in [-0.2, -0.15) is 0 Å². The molecule has 5 nitrogen and oxygen atoms in total. The molecule has 0 saturated carbocycles. The number of methoxy groups -OCH3 is 1. The Morgan fingerprint density at radius 2 is 1.91 bits per heavy atom. The molecule has 22 heavy (non-hydrogen) atoms. The lowest BCUT2D eigenvalue weighted by Crippen LogP contribution is -2.31. The van der Waals surface area contributed by atoms with E-state index in [0.717, 1.165) is 16.9 Å². The van der Waals surface area contributed by atoms with E-state index in [4.69, 9.17) is 10.5 Å². The van der Waals surface area contributed by atoms with E-state index in [1.165, 1.54) is 0 Å². The first-order valence-electron chi connectivity index (χ1n) is 7.33. The van der Waals surface area contributed by atoms with Gasteiger partial charge in [0.1, 0.15) is 5.75 Å². The Balaban J connectivity index is 2.08. The van der Waals surface area contributed by atoms with E-state index in [9.17, 15) is 9.59 Å². The fraction of sp³-hybridized carbons (Fsp3) is 0.412. The summed E-state index contributed by atoms with van der Waals surface area (Å²) in [6, 6.07) is 7.55. The van der Waals surface area contributed by atoms with Crippen molar-refractivity contribution in [1.29, 1.82) is 0 Å². The highest BCUT2D eigenvalue weighted by molar-refractivity contribution is 5.95. The number of benzene rings is 1. The van der Waals surface area contributed by atoms with E-state index in [2.05, 4.69) is 0 Å². The van der Waals surface area contributed by atoms with Gasteiger partial charge in [0.05, 0.1) is 13.0 Å². The molecule has 1 aromatic rings. The van der Waals surface area contributed by atoms with Gasteiger partial charge in [-0.05, 0) is 36.1 Å². The second-order valence-electron chi connectivity index (χ2n) is 5.79. The van der Waals surface area contributed by atoms with Crippen LogP contribution in [0.4, 0.5) is 0 Å². The van der Waals surface area contributed by atoms with Crippen LogP contribution in [0.2, 0.25) is 0 Å². The zero-order chi connectivity index (χ0) is 16.3. The topological polar surface area (TPSA) is 72.6 Å². The Bertz CT molecular complexity index is 592. The lowest BCUT2D eigenvalue weighted by molar-refractivity contribution is -0.125. The first kappa shape index (κ1) is 16.1. The third-order valence-corrected chi connectivity index (χ3v) is 4.17. The average Bonchev–Trinajstić information content (AvgIpc) is 2.89. The number of likely N-dealkylation sites (tertiary alicyclic amines) is 1. The number of amides is 2. The van der Waals surface area contributed by atoms with Gasteiger partial charge in [-0.15, -0.1) is 0 Å². The van der Waals surface area contributed by atoms with E-state index < -0.39 is 0 Å². The zero-order valence-corrected chi connectivity index (χ0v) is 13.2. The maximum atomic E-state index is 12.3. The fourth-order valence-corrected chi connectivity index (χ4v) is 2.73. The monoisotopic (exact) mass is 302 g/mol. The molecule has 1 aliphatic heterocycles. The summed E-state index contributed by atoms with van der Waals surface area (Å²) in [5.41, 5.74) is 7.21. The lowest BCUT2D eigenvalue weighted by Gasteiger charge is -2.14. The third kappa shape index (κ3) is 3.47. The van der Waals surface area contributed by atoms with Crippen LogP contribution >= 0.6 is 0 Å². The van der Waals surface area contributed by atoms with Crippen molar-refractivity contribution in [2.45, 2.75) is 13.8 Å². The Morgan fingerprint density at radius 1 is 1.27 bits per heavy atom. The van der Waals surface area contributed by atoms with Crippen LogP contribution < -0.4 is 10.5 Å². The summed E-state index contributed by atoms with van der Waals surface area (Å²) in [6.45, 7) is 4.81. The predicted molar refractivity (Wildman–Crippen MR) is 85.1 cm³/mol. The number of ether oxygens (including phenoxy) is 1. The minimum atomic E-state index is -0.335. The van der Waals surface area contributed by atoms with Gasteiger partial charge in [0.25, 0.3) is 0 Å². The summed E-state index contributed by atoms with van der Waals surface area (Å²) in [5.74, 6) is 0.220. The van der Waals surface area contributed by atoms with Crippen LogP contribution in [0.1, 0.15) is 19.4 Å². The smallest absolute Gasteiger partial charge is 0.246 e. The second-order valence-corrected chi connectivity index (χ2v) is 5.79. The normalized spacial score (nSPS) is 21.8. The van der Waals surface area contributed by atoms with Crippen LogP contribution in [-0.4, -0.2) is 36.9 Å². The number of primary amides is 1. The number of carbonyl (C=O) groups is 2. The number of nitrogens with two attached hydrogens (primary N) is 1. The molecule has 1 saturated heterocycles. The van der Waals surface area contributed by atoms with Gasteiger partial charge >= 0.3 is 0 Å². The third-order valence-electron chi connectivity index (χ3n) is 4.17. The summed E-state index contributed by atoms with van der Waals surface area (Å²) in [6.07, 6.45) is 1.61. The Labute approximate surface area is 130 Å². The number of allylic oxidation sites excluding steroid dienone is 1. The molecule has 2 atom stereocenters. The molecule has 1 fully saturated rings. The minimum absolute atomic E-state index is 0.0797. The van der Waals surface area contributed by atoms with Crippen molar-refractivity contribution in [3.63, 3.8) is 0 Å². The van der Waals surface area contributed by atoms with Crippen LogP contribution in [0.15, 0.2) is 30.3 Å². The van der Waals surface area contributed by atoms with E-state index in [-0.39, 0.29) is 23.7 Å². The van der Waals surface area contributed by atoms with Crippen molar-refractivity contribution in [2.75, 3.05) is 20.2 Å². The second kappa shape index (κ2) is 6.64. The molecule has 0 spiro atoms. The van der Waals surface area contributed by atoms with Crippen LogP contribution in [0.3, 0.4) is 0 Å². The van der Waals surface area contributed by atoms with Crippen LogP contribution in [0.25, 0.3) is 5.57 Å². The summed E-state index contributed by atoms with van der Waals surface area (Å²) in [7, 11) is 1.62. The first-order valence-corrected chi connectivity index (χ1v) is 7.33. The van der Waals surface area contributed by atoms with E-state index in [0.29, 0.717) is 13.1 Å². The van der Waals surface area contributed by atoms with E-state index in [1.54, 1.807) is 18.1 Å². The van der Waals surface area contributed by atoms with Gasteiger partial charge in [0.15, 0.2) is 0 Å². The van der Waals surface area contributed by atoms with Crippen molar-refractivity contribution in [2.24, 2.45) is 17.6 Å². The fourth-order valence-electron chi connectivity index (χ4n) is 2.73. The predicted octanol–water partition coefficient (Wildman–Crippen LogP) is 1.68. The molecule has 0 aromatic heterocycles. The number of carbonyl (C=O) groups excluding carboxylic acids is 2. The average molecular weight is 302 g/mol. The zero-order valence-electron chi connectivity index (χ0n) is 13.2. The molecule has 0 unspecified atom stereocenters. The lowest BCUT2D eigenvalue weighted by atomic mass is 9.98. The molecule has 2 rings (SSSR count). The van der Waals surface area contributed by atoms with Gasteiger partial charge < -0.3 is 15.4 Å². The molecule has 1 aliphatic rings. The highest BCUT2D eigenvalue weighted by Crippen LogP contribution is 2.24. The number of rotatable bonds is 4. The van der Waals surface area contributed by atoms with Gasteiger partial charge in [0, 0.05) is 19.2 Å². The highest BCUT2D eigenvalue weighted by Gasteiger charge is 2.35. The molecule has 5 heteroatoms. The van der Waals surface area contributed by atoms with Crippen molar-refractivity contribution < 1.29 is 14.3 Å². The largest absolute Gasteiger partial charge is 0.497 e. The summed E-state index contributed by atoms with van der Waals surface area (Å²) in [4.78, 5) is 25.4. The molecule has 2 N–H and O–H groups in total. The van der Waals surface area contributed by atoms with Gasteiger partial charge in [-0.3, -0.25) is 9.59 Å². The van der Waals surface area contributed by atoms with Crippen molar-refractivity contribution in [3.05, 3.63) is 35.9 Å². The molecule has 1 aromatic carbocycles. The minimum Gasteiger partial charge on any atom is -0.497 e. The first-order chi connectivity index (χ1) is 10.4. The maximum absolute atomic E-state index is 12.3. The van der Waals surface area contributed by atoms with Gasteiger partial charge in [0.2, 0.25) is 11.8 Å². The van der Waals surface area contributed by atoms with Gasteiger partial charge in [-0.25, -0.2) is 0 Å². The van der Waals surface area contributed by atoms with Crippen molar-refractivity contribution >= 4 is 17.4 Å².